The molecule has 2 heterocycles. The average Bonchev–Trinajstić information content (AvgIpc) is 3.02. The zero-order chi connectivity index (χ0) is 17.1. The van der Waals surface area contributed by atoms with Gasteiger partial charge in [-0.2, -0.15) is 0 Å². The van der Waals surface area contributed by atoms with Crippen LogP contribution in [0.1, 0.15) is 12.8 Å². The van der Waals surface area contributed by atoms with Gasteiger partial charge in [-0.3, -0.25) is 13.6 Å². The number of aliphatic hydroxyl groups excluding tert-OH is 1. The highest BCUT2D eigenvalue weighted by molar-refractivity contribution is 8.44. The lowest BCUT2D eigenvalue weighted by Crippen LogP contribution is -2.27. The van der Waals surface area contributed by atoms with Crippen molar-refractivity contribution in [1.29, 1.82) is 0 Å². The van der Waals surface area contributed by atoms with Gasteiger partial charge in [-0.05, 0) is 12.8 Å². The van der Waals surface area contributed by atoms with Crippen molar-refractivity contribution in [2.45, 2.75) is 37.1 Å². The molecular formula is C10H22N2O8P2S. The first-order chi connectivity index (χ1) is 10.6. The number of phosphoric ester groups is 1. The molecular weight excluding hydrogens is 370 g/mol. The Kier molecular flexibility index (Phi) is 7.10. The number of nitrogens with one attached hydrogen (secondary N) is 2. The Labute approximate surface area is 139 Å². The number of hydrogen-bond acceptors (Lipinski definition) is 8. The number of β-amino-alcohol motifs (C(OH)–C–C–N with tert-alkyl or cyclic N) is 1. The minimum atomic E-state index is -4.21. The van der Waals surface area contributed by atoms with Crippen molar-refractivity contribution in [2.75, 3.05) is 26.3 Å². The molecule has 0 amide bonds. The van der Waals surface area contributed by atoms with Gasteiger partial charge in [0.15, 0.2) is 0 Å². The molecule has 2 saturated heterocycles. The van der Waals surface area contributed by atoms with E-state index < -0.39 is 26.8 Å². The van der Waals surface area contributed by atoms with E-state index in [1.165, 1.54) is 0 Å². The van der Waals surface area contributed by atoms with Crippen molar-refractivity contribution in [3.8, 4) is 0 Å². The van der Waals surface area contributed by atoms with Crippen LogP contribution in [0.2, 0.25) is 0 Å². The van der Waals surface area contributed by atoms with Gasteiger partial charge in [-0.25, -0.2) is 9.13 Å². The molecule has 2 aliphatic heterocycles. The fraction of sp³-hybridized carbons (Fsp3) is 1.00. The maximum absolute atomic E-state index is 11.9. The molecule has 6 unspecified atom stereocenters. The third kappa shape index (κ3) is 7.50. The zero-order valence-corrected chi connectivity index (χ0v) is 15.0. The predicted molar refractivity (Wildman–Crippen MR) is 84.2 cm³/mol. The van der Waals surface area contributed by atoms with Crippen LogP contribution in [0.3, 0.4) is 0 Å². The summed E-state index contributed by atoms with van der Waals surface area (Å²) in [6.07, 6.45) is -0.256. The summed E-state index contributed by atoms with van der Waals surface area (Å²) >= 11 is 3.40. The molecule has 23 heavy (non-hydrogen) atoms. The van der Waals surface area contributed by atoms with Crippen molar-refractivity contribution in [2.24, 2.45) is 0 Å². The van der Waals surface area contributed by atoms with E-state index in [1.807, 2.05) is 0 Å². The van der Waals surface area contributed by atoms with Crippen LogP contribution in [0.5, 0.6) is 0 Å². The smallest absolute Gasteiger partial charge is 0.392 e. The van der Waals surface area contributed by atoms with Crippen molar-refractivity contribution >= 4 is 26.9 Å². The predicted octanol–water partition coefficient (Wildman–Crippen LogP) is -0.380. The molecule has 0 bridgehead atoms. The van der Waals surface area contributed by atoms with Crippen LogP contribution in [0, 0.1) is 0 Å². The van der Waals surface area contributed by atoms with E-state index in [4.69, 9.17) is 13.9 Å². The molecule has 2 aliphatic rings. The summed E-state index contributed by atoms with van der Waals surface area (Å²) < 4.78 is 37.5. The number of aliphatic hydroxyl groups is 1. The van der Waals surface area contributed by atoms with Gasteiger partial charge in [0.25, 0.3) is 0 Å². The van der Waals surface area contributed by atoms with Crippen LogP contribution in [0.4, 0.5) is 0 Å². The van der Waals surface area contributed by atoms with E-state index >= 15 is 0 Å². The molecule has 0 aromatic heterocycles. The number of thiol groups is 1. The first-order valence-electron chi connectivity index (χ1n) is 7.13. The minimum absolute atomic E-state index is 0.0368. The van der Waals surface area contributed by atoms with Crippen LogP contribution in [0.15, 0.2) is 0 Å². The lowest BCUT2D eigenvalue weighted by Gasteiger charge is -2.18. The van der Waals surface area contributed by atoms with Gasteiger partial charge in [0.05, 0.1) is 25.4 Å². The first kappa shape index (κ1) is 19.8. The second-order valence-corrected chi connectivity index (χ2v) is 9.78. The Morgan fingerprint density at radius 2 is 1.65 bits per heavy atom. The van der Waals surface area contributed by atoms with Crippen LogP contribution in [0.25, 0.3) is 0 Å². The summed E-state index contributed by atoms with van der Waals surface area (Å²) in [5.74, 6) is 0. The Balaban J connectivity index is 1.69. The highest BCUT2D eigenvalue weighted by atomic mass is 32.7. The summed E-state index contributed by atoms with van der Waals surface area (Å²) in [7, 11) is -4.21. The second-order valence-electron chi connectivity index (χ2n) is 5.61. The molecule has 2 fully saturated rings. The first-order valence-corrected chi connectivity index (χ1v) is 11.4. The Hall–Kier alpha value is 0.490. The number of phosphoric acid groups is 1. The normalized spacial score (nSPS) is 36.7. The van der Waals surface area contributed by atoms with E-state index in [2.05, 4.69) is 27.4 Å². The van der Waals surface area contributed by atoms with Crippen LogP contribution >= 0.6 is 26.9 Å². The van der Waals surface area contributed by atoms with Crippen molar-refractivity contribution < 1.29 is 37.6 Å². The van der Waals surface area contributed by atoms with E-state index in [-0.39, 0.29) is 25.3 Å². The van der Waals surface area contributed by atoms with Gasteiger partial charge in [0.1, 0.15) is 0 Å². The van der Waals surface area contributed by atoms with E-state index in [0.717, 1.165) is 0 Å². The molecule has 136 valence electrons. The molecule has 0 radical (unpaired) electrons. The van der Waals surface area contributed by atoms with E-state index in [1.54, 1.807) is 0 Å². The molecule has 0 saturated carbocycles. The molecule has 0 spiro atoms. The van der Waals surface area contributed by atoms with Gasteiger partial charge < -0.3 is 25.5 Å². The SMILES string of the molecule is O=P(O)(S)OCC1CC(OP(=O)(O)OCC2CC(O)CN2)CN1. The molecule has 10 nitrogen and oxygen atoms in total. The molecule has 0 aromatic carbocycles. The second kappa shape index (κ2) is 8.25. The molecule has 6 atom stereocenters. The molecule has 0 aromatic rings. The van der Waals surface area contributed by atoms with Gasteiger partial charge in [-0.1, -0.05) is 12.2 Å². The molecule has 13 heteroatoms. The highest BCUT2D eigenvalue weighted by Gasteiger charge is 2.34. The van der Waals surface area contributed by atoms with Gasteiger partial charge in [-0.15, -0.1) is 0 Å². The van der Waals surface area contributed by atoms with E-state index in [9.17, 15) is 19.1 Å². The standard InChI is InChI=1S/C10H22N2O8P2S/c13-9-1-7(11-3-9)5-18-21(14,15)20-10-2-8(12-4-10)6-19-22(16,17)23/h7-13H,1-6H2,(H,14,15)(H2,16,17,23). The van der Waals surface area contributed by atoms with Gasteiger partial charge in [0.2, 0.25) is 0 Å². The van der Waals surface area contributed by atoms with Crippen molar-refractivity contribution in [1.82, 2.24) is 10.6 Å². The number of hydrogen-bond donors (Lipinski definition) is 6. The minimum Gasteiger partial charge on any atom is -0.392 e. The summed E-state index contributed by atoms with van der Waals surface area (Å²) in [6, 6.07) is -0.467. The zero-order valence-electron chi connectivity index (χ0n) is 12.3. The van der Waals surface area contributed by atoms with Gasteiger partial charge in [0, 0.05) is 25.2 Å². The maximum Gasteiger partial charge on any atom is 0.472 e. The Morgan fingerprint density at radius 1 is 1.04 bits per heavy atom. The third-order valence-electron chi connectivity index (χ3n) is 3.55. The Bertz CT molecular complexity index is 491. The summed E-state index contributed by atoms with van der Waals surface area (Å²) in [6.45, 7) is -3.22. The fourth-order valence-corrected chi connectivity index (χ4v) is 4.04. The lowest BCUT2D eigenvalue weighted by atomic mass is 10.2. The summed E-state index contributed by atoms with van der Waals surface area (Å²) in [5, 5.41) is 15.3. The van der Waals surface area contributed by atoms with Crippen LogP contribution < -0.4 is 10.6 Å². The quantitative estimate of drug-likeness (QED) is 0.239. The van der Waals surface area contributed by atoms with Crippen molar-refractivity contribution in [3.05, 3.63) is 0 Å². The Morgan fingerprint density at radius 3 is 2.26 bits per heavy atom. The van der Waals surface area contributed by atoms with Crippen molar-refractivity contribution in [3.63, 3.8) is 0 Å². The maximum atomic E-state index is 11.9. The van der Waals surface area contributed by atoms with E-state index in [0.29, 0.717) is 25.9 Å². The van der Waals surface area contributed by atoms with Crippen LogP contribution in [-0.2, 0) is 22.7 Å². The average molecular weight is 392 g/mol. The fourth-order valence-electron chi connectivity index (χ4n) is 2.50. The summed E-state index contributed by atoms with van der Waals surface area (Å²) in [5.41, 5.74) is 0. The highest BCUT2D eigenvalue weighted by Crippen LogP contribution is 2.48. The monoisotopic (exact) mass is 392 g/mol. The molecule has 0 aliphatic carbocycles. The third-order valence-corrected chi connectivity index (χ3v) is 5.42. The lowest BCUT2D eigenvalue weighted by molar-refractivity contribution is 0.103. The molecule has 2 rings (SSSR count). The van der Waals surface area contributed by atoms with Gasteiger partial charge >= 0.3 is 14.6 Å². The topological polar surface area (TPSA) is 147 Å². The largest absolute Gasteiger partial charge is 0.472 e. The summed E-state index contributed by atoms with van der Waals surface area (Å²) in [4.78, 5) is 18.6. The number of rotatable bonds is 8. The molecule has 5 N–H and O–H groups in total. The van der Waals surface area contributed by atoms with Crippen LogP contribution in [-0.4, -0.2) is 65.5 Å².